The molecule has 2 rings (SSSR count). The Balaban J connectivity index is 2.33. The summed E-state index contributed by atoms with van der Waals surface area (Å²) in [6, 6.07) is 10.4. The molecule has 1 fully saturated rings. The summed E-state index contributed by atoms with van der Waals surface area (Å²) in [7, 11) is 4.18. The molecule has 0 spiro atoms. The molecule has 2 atom stereocenters. The molecule has 0 heterocycles. The predicted molar refractivity (Wildman–Crippen MR) is 99.3 cm³/mol. The van der Waals surface area contributed by atoms with Crippen molar-refractivity contribution in [2.45, 2.75) is 51.6 Å². The first-order chi connectivity index (χ1) is 10.9. The van der Waals surface area contributed by atoms with E-state index in [1.54, 1.807) is 0 Å². The van der Waals surface area contributed by atoms with Gasteiger partial charge in [-0.1, -0.05) is 62.6 Å². The fourth-order valence-corrected chi connectivity index (χ4v) is 4.26. The van der Waals surface area contributed by atoms with E-state index in [4.69, 9.17) is 0 Å². The number of nitrogens with zero attached hydrogens (tertiary/aromatic N) is 1. The number of benzene rings is 1. The van der Waals surface area contributed by atoms with Gasteiger partial charge < -0.3 is 10.0 Å². The van der Waals surface area contributed by atoms with Crippen LogP contribution in [0.4, 0.5) is 0 Å². The molecule has 0 amide bonds. The minimum absolute atomic E-state index is 0.223. The van der Waals surface area contributed by atoms with Crippen molar-refractivity contribution in [2.24, 2.45) is 11.8 Å². The lowest BCUT2D eigenvalue weighted by atomic mass is 9.67. The molecule has 2 unspecified atom stereocenters. The largest absolute Gasteiger partial charge is 0.385 e. The van der Waals surface area contributed by atoms with Crippen molar-refractivity contribution in [3.63, 3.8) is 0 Å². The van der Waals surface area contributed by atoms with Crippen LogP contribution in [0.2, 0.25) is 0 Å². The van der Waals surface area contributed by atoms with Gasteiger partial charge in [-0.15, -0.1) is 0 Å². The summed E-state index contributed by atoms with van der Waals surface area (Å²) in [4.78, 5) is 2.19. The van der Waals surface area contributed by atoms with Crippen LogP contribution < -0.4 is 0 Å². The predicted octanol–water partition coefficient (Wildman–Crippen LogP) is 4.60. The molecule has 0 saturated heterocycles. The van der Waals surface area contributed by atoms with Crippen molar-refractivity contribution in [1.82, 2.24) is 4.90 Å². The van der Waals surface area contributed by atoms with Gasteiger partial charge in [0.25, 0.3) is 0 Å². The molecule has 2 nitrogen and oxygen atoms in total. The summed E-state index contributed by atoms with van der Waals surface area (Å²) in [5, 5.41) is 11.8. The number of rotatable bonds is 6. The Morgan fingerprint density at radius 1 is 1.22 bits per heavy atom. The van der Waals surface area contributed by atoms with Gasteiger partial charge in [-0.25, -0.2) is 0 Å². The van der Waals surface area contributed by atoms with E-state index in [-0.39, 0.29) is 5.92 Å². The van der Waals surface area contributed by atoms with Crippen molar-refractivity contribution < 1.29 is 5.11 Å². The normalized spacial score (nSPS) is 21.2. The molecule has 1 aliphatic carbocycles. The summed E-state index contributed by atoms with van der Waals surface area (Å²) >= 11 is 0. The van der Waals surface area contributed by atoms with Gasteiger partial charge >= 0.3 is 0 Å². The van der Waals surface area contributed by atoms with Crippen LogP contribution >= 0.6 is 0 Å². The second-order valence-electron chi connectivity index (χ2n) is 7.56. The Morgan fingerprint density at radius 2 is 1.83 bits per heavy atom. The minimum Gasteiger partial charge on any atom is -0.385 e. The van der Waals surface area contributed by atoms with Gasteiger partial charge in [-0.3, -0.25) is 0 Å². The van der Waals surface area contributed by atoms with E-state index in [0.717, 1.165) is 25.0 Å². The van der Waals surface area contributed by atoms with Crippen molar-refractivity contribution in [3.8, 4) is 0 Å². The SMILES string of the molecule is C/C(=C/c1ccccc1)C(O)(C(C)CN(C)C)C1CCCCC1. The molecular formula is C21H33NO. The first-order valence-corrected chi connectivity index (χ1v) is 9.05. The lowest BCUT2D eigenvalue weighted by Crippen LogP contribution is -2.49. The van der Waals surface area contributed by atoms with Crippen LogP contribution in [0.1, 0.15) is 51.5 Å². The molecule has 0 radical (unpaired) electrons. The third-order valence-corrected chi connectivity index (χ3v) is 5.43. The van der Waals surface area contributed by atoms with Crippen LogP contribution in [0.5, 0.6) is 0 Å². The number of aliphatic hydroxyl groups is 1. The molecule has 23 heavy (non-hydrogen) atoms. The van der Waals surface area contributed by atoms with Crippen LogP contribution in [-0.2, 0) is 0 Å². The van der Waals surface area contributed by atoms with E-state index in [2.05, 4.69) is 63.2 Å². The summed E-state index contributed by atoms with van der Waals surface area (Å²) in [6.07, 6.45) is 8.29. The van der Waals surface area contributed by atoms with Crippen LogP contribution in [0, 0.1) is 11.8 Å². The van der Waals surface area contributed by atoms with Crippen LogP contribution in [0.3, 0.4) is 0 Å². The maximum atomic E-state index is 11.8. The summed E-state index contributed by atoms with van der Waals surface area (Å²) in [6.45, 7) is 5.23. The maximum absolute atomic E-state index is 11.8. The van der Waals surface area contributed by atoms with Gasteiger partial charge in [0, 0.05) is 12.5 Å². The van der Waals surface area contributed by atoms with Gasteiger partial charge in [-0.2, -0.15) is 0 Å². The Labute approximate surface area is 142 Å². The van der Waals surface area contributed by atoms with E-state index >= 15 is 0 Å². The molecule has 2 heteroatoms. The lowest BCUT2D eigenvalue weighted by Gasteiger charge is -2.44. The molecule has 1 aliphatic rings. The zero-order valence-electron chi connectivity index (χ0n) is 15.3. The lowest BCUT2D eigenvalue weighted by molar-refractivity contribution is -0.0493. The molecule has 1 N–H and O–H groups in total. The van der Waals surface area contributed by atoms with E-state index in [0.29, 0.717) is 5.92 Å². The molecular weight excluding hydrogens is 282 g/mol. The molecule has 0 bridgehead atoms. The smallest absolute Gasteiger partial charge is 0.0922 e. The highest BCUT2D eigenvalue weighted by molar-refractivity contribution is 5.54. The Morgan fingerprint density at radius 3 is 2.39 bits per heavy atom. The Hall–Kier alpha value is -1.12. The van der Waals surface area contributed by atoms with Gasteiger partial charge in [0.2, 0.25) is 0 Å². The van der Waals surface area contributed by atoms with Crippen molar-refractivity contribution in [1.29, 1.82) is 0 Å². The quantitative estimate of drug-likeness (QED) is 0.829. The van der Waals surface area contributed by atoms with Crippen LogP contribution in [-0.4, -0.2) is 36.2 Å². The molecule has 0 aliphatic heterocycles. The van der Waals surface area contributed by atoms with Crippen molar-refractivity contribution in [3.05, 3.63) is 41.5 Å². The summed E-state index contributed by atoms with van der Waals surface area (Å²) in [5.74, 6) is 0.603. The monoisotopic (exact) mass is 315 g/mol. The fourth-order valence-electron chi connectivity index (χ4n) is 4.26. The standard InChI is InChI=1S/C21H33NO/c1-17(15-19-11-7-5-8-12-19)21(23,18(2)16-22(3)4)20-13-9-6-10-14-20/h5,7-8,11-12,15,18,20,23H,6,9-10,13-14,16H2,1-4H3/b17-15-. The summed E-state index contributed by atoms with van der Waals surface area (Å²) < 4.78 is 0. The van der Waals surface area contributed by atoms with E-state index < -0.39 is 5.60 Å². The fraction of sp³-hybridized carbons (Fsp3) is 0.619. The van der Waals surface area contributed by atoms with E-state index in [1.165, 1.54) is 24.8 Å². The van der Waals surface area contributed by atoms with Crippen LogP contribution in [0.15, 0.2) is 35.9 Å². The van der Waals surface area contributed by atoms with Gasteiger partial charge in [-0.05, 0) is 50.9 Å². The first kappa shape index (κ1) is 18.2. The van der Waals surface area contributed by atoms with Crippen molar-refractivity contribution >= 4 is 6.08 Å². The van der Waals surface area contributed by atoms with Gasteiger partial charge in [0.05, 0.1) is 5.60 Å². The van der Waals surface area contributed by atoms with E-state index in [9.17, 15) is 5.11 Å². The zero-order chi connectivity index (χ0) is 16.9. The number of hydrogen-bond donors (Lipinski definition) is 1. The highest BCUT2D eigenvalue weighted by atomic mass is 16.3. The average molecular weight is 316 g/mol. The van der Waals surface area contributed by atoms with Crippen molar-refractivity contribution in [2.75, 3.05) is 20.6 Å². The Kier molecular flexibility index (Phi) is 6.43. The molecule has 1 aromatic rings. The van der Waals surface area contributed by atoms with E-state index in [1.807, 2.05) is 6.07 Å². The second-order valence-corrected chi connectivity index (χ2v) is 7.56. The zero-order valence-corrected chi connectivity index (χ0v) is 15.3. The molecule has 1 saturated carbocycles. The van der Waals surface area contributed by atoms with Gasteiger partial charge in [0.1, 0.15) is 0 Å². The third kappa shape index (κ3) is 4.45. The molecule has 128 valence electrons. The third-order valence-electron chi connectivity index (χ3n) is 5.43. The maximum Gasteiger partial charge on any atom is 0.0922 e. The minimum atomic E-state index is -0.708. The highest BCUT2D eigenvalue weighted by Gasteiger charge is 2.43. The topological polar surface area (TPSA) is 23.5 Å². The Bertz CT molecular complexity index is 502. The highest BCUT2D eigenvalue weighted by Crippen LogP contribution is 2.42. The second kappa shape index (κ2) is 8.12. The summed E-state index contributed by atoms with van der Waals surface area (Å²) in [5.41, 5.74) is 1.59. The molecule has 0 aromatic heterocycles. The first-order valence-electron chi connectivity index (χ1n) is 9.05. The molecule has 1 aromatic carbocycles. The van der Waals surface area contributed by atoms with Gasteiger partial charge in [0.15, 0.2) is 0 Å². The van der Waals surface area contributed by atoms with Crippen LogP contribution in [0.25, 0.3) is 6.08 Å². The average Bonchev–Trinajstić information content (AvgIpc) is 2.55. The number of hydrogen-bond acceptors (Lipinski definition) is 2.